The van der Waals surface area contributed by atoms with Crippen LogP contribution in [-0.4, -0.2) is 29.8 Å². The number of carbonyl (C=O) groups is 1. The van der Waals surface area contributed by atoms with Gasteiger partial charge in [-0.25, -0.2) is 4.68 Å². The van der Waals surface area contributed by atoms with Gasteiger partial charge in [0.05, 0.1) is 12.8 Å². The maximum absolute atomic E-state index is 12.7. The van der Waals surface area contributed by atoms with Crippen LogP contribution in [0.4, 0.5) is 5.69 Å². The normalized spacial score (nSPS) is 10.5. The van der Waals surface area contributed by atoms with Crippen LogP contribution < -0.4 is 9.64 Å². The Labute approximate surface area is 141 Å². The first kappa shape index (κ1) is 15.8. The van der Waals surface area contributed by atoms with Gasteiger partial charge in [0.2, 0.25) is 5.88 Å². The number of hydrogen-bond acceptors (Lipinski definition) is 3. The highest BCUT2D eigenvalue weighted by Gasteiger charge is 2.20. The van der Waals surface area contributed by atoms with Gasteiger partial charge in [0, 0.05) is 18.8 Å². The quantitative estimate of drug-likeness (QED) is 0.739. The van der Waals surface area contributed by atoms with E-state index in [-0.39, 0.29) is 5.91 Å². The van der Waals surface area contributed by atoms with Crippen LogP contribution in [0, 0.1) is 6.92 Å². The van der Waals surface area contributed by atoms with E-state index in [4.69, 9.17) is 4.74 Å². The molecule has 3 rings (SSSR count). The lowest BCUT2D eigenvalue weighted by molar-refractivity contribution is 0.0988. The van der Waals surface area contributed by atoms with Crippen molar-refractivity contribution in [1.29, 1.82) is 0 Å². The number of para-hydroxylation sites is 1. The van der Waals surface area contributed by atoms with Crippen LogP contribution in [-0.2, 0) is 0 Å². The molecule has 1 aromatic heterocycles. The number of amides is 1. The summed E-state index contributed by atoms with van der Waals surface area (Å²) in [4.78, 5) is 14.3. The van der Waals surface area contributed by atoms with Crippen molar-refractivity contribution in [2.75, 3.05) is 19.1 Å². The van der Waals surface area contributed by atoms with Gasteiger partial charge in [-0.2, -0.15) is 5.10 Å². The summed E-state index contributed by atoms with van der Waals surface area (Å²) in [6.07, 6.45) is 0. The van der Waals surface area contributed by atoms with Gasteiger partial charge in [-0.05, 0) is 31.2 Å². The van der Waals surface area contributed by atoms with Crippen LogP contribution in [0.1, 0.15) is 16.1 Å². The molecule has 3 aromatic rings. The topological polar surface area (TPSA) is 47.4 Å². The van der Waals surface area contributed by atoms with E-state index >= 15 is 0 Å². The highest BCUT2D eigenvalue weighted by molar-refractivity contribution is 6.04. The summed E-state index contributed by atoms with van der Waals surface area (Å²) in [5.74, 6) is 0.327. The molecule has 0 aliphatic rings. The Morgan fingerprint density at radius 2 is 1.75 bits per heavy atom. The molecule has 0 aliphatic heterocycles. The van der Waals surface area contributed by atoms with Crippen LogP contribution in [0.15, 0.2) is 60.7 Å². The van der Waals surface area contributed by atoms with E-state index in [2.05, 4.69) is 5.10 Å². The number of ether oxygens (including phenoxy) is 1. The first-order chi connectivity index (χ1) is 11.6. The number of benzene rings is 2. The summed E-state index contributed by atoms with van der Waals surface area (Å²) < 4.78 is 6.98. The zero-order valence-electron chi connectivity index (χ0n) is 13.9. The molecule has 0 saturated carbocycles. The first-order valence-corrected chi connectivity index (χ1v) is 7.64. The second-order valence-corrected chi connectivity index (χ2v) is 5.52. The van der Waals surface area contributed by atoms with Gasteiger partial charge in [-0.1, -0.05) is 35.9 Å². The molecule has 0 fully saturated rings. The van der Waals surface area contributed by atoms with Crippen molar-refractivity contribution in [3.8, 4) is 11.6 Å². The van der Waals surface area contributed by atoms with Gasteiger partial charge in [-0.3, -0.25) is 4.79 Å². The number of aromatic nitrogens is 2. The number of nitrogens with zero attached hydrogens (tertiary/aromatic N) is 3. The molecule has 0 spiro atoms. The van der Waals surface area contributed by atoms with Crippen LogP contribution in [0.2, 0.25) is 0 Å². The average Bonchev–Trinajstić information content (AvgIpc) is 3.06. The maximum Gasteiger partial charge on any atom is 0.278 e. The second-order valence-electron chi connectivity index (χ2n) is 5.52. The summed E-state index contributed by atoms with van der Waals surface area (Å²) in [6, 6.07) is 19.0. The predicted octanol–water partition coefficient (Wildman–Crippen LogP) is 3.47. The summed E-state index contributed by atoms with van der Waals surface area (Å²) in [5.41, 5.74) is 3.14. The van der Waals surface area contributed by atoms with Gasteiger partial charge >= 0.3 is 0 Å². The Morgan fingerprint density at radius 1 is 1.08 bits per heavy atom. The van der Waals surface area contributed by atoms with Crippen LogP contribution in [0.5, 0.6) is 5.88 Å². The monoisotopic (exact) mass is 321 g/mol. The van der Waals surface area contributed by atoms with Gasteiger partial charge in [0.1, 0.15) is 0 Å². The number of anilines is 1. The van der Waals surface area contributed by atoms with Crippen molar-refractivity contribution >= 4 is 11.6 Å². The first-order valence-electron chi connectivity index (χ1n) is 7.64. The lowest BCUT2D eigenvalue weighted by Gasteiger charge is -2.16. The Morgan fingerprint density at radius 3 is 2.38 bits per heavy atom. The summed E-state index contributed by atoms with van der Waals surface area (Å²) >= 11 is 0. The van der Waals surface area contributed by atoms with Gasteiger partial charge in [0.15, 0.2) is 5.69 Å². The highest BCUT2D eigenvalue weighted by Crippen LogP contribution is 2.22. The summed E-state index contributed by atoms with van der Waals surface area (Å²) in [5, 5.41) is 4.42. The third kappa shape index (κ3) is 3.01. The van der Waals surface area contributed by atoms with E-state index < -0.39 is 0 Å². The molecule has 122 valence electrons. The van der Waals surface area contributed by atoms with Crippen molar-refractivity contribution in [3.63, 3.8) is 0 Å². The van der Waals surface area contributed by atoms with Crippen molar-refractivity contribution in [2.45, 2.75) is 6.92 Å². The van der Waals surface area contributed by atoms with Crippen LogP contribution in [0.25, 0.3) is 5.69 Å². The molecule has 0 N–H and O–H groups in total. The molecular weight excluding hydrogens is 302 g/mol. The zero-order valence-corrected chi connectivity index (χ0v) is 13.9. The van der Waals surface area contributed by atoms with Crippen molar-refractivity contribution < 1.29 is 9.53 Å². The Bertz CT molecular complexity index is 839. The van der Waals surface area contributed by atoms with Crippen molar-refractivity contribution in [1.82, 2.24) is 9.78 Å². The molecule has 1 heterocycles. The molecule has 2 aromatic carbocycles. The molecule has 0 saturated heterocycles. The number of aryl methyl sites for hydroxylation is 1. The molecule has 5 nitrogen and oxygen atoms in total. The van der Waals surface area contributed by atoms with Gasteiger partial charge in [0.25, 0.3) is 5.91 Å². The van der Waals surface area contributed by atoms with Gasteiger partial charge < -0.3 is 9.64 Å². The fourth-order valence-corrected chi connectivity index (χ4v) is 2.43. The lowest BCUT2D eigenvalue weighted by Crippen LogP contribution is -2.26. The van der Waals surface area contributed by atoms with E-state index in [1.54, 1.807) is 29.8 Å². The standard InChI is InChI=1S/C19H19N3O2/c1-14-9-11-15(12-10-14)21(2)19(23)17-13-18(24-3)22(20-17)16-7-5-4-6-8-16/h4-13H,1-3H3. The number of rotatable bonds is 4. The van der Waals surface area contributed by atoms with Gasteiger partial charge in [-0.15, -0.1) is 0 Å². The molecule has 0 atom stereocenters. The third-order valence-corrected chi connectivity index (χ3v) is 3.83. The number of hydrogen-bond donors (Lipinski definition) is 0. The third-order valence-electron chi connectivity index (χ3n) is 3.83. The Hall–Kier alpha value is -3.08. The fraction of sp³-hybridized carbons (Fsp3) is 0.158. The molecule has 24 heavy (non-hydrogen) atoms. The molecular formula is C19H19N3O2. The second kappa shape index (κ2) is 6.58. The van der Waals surface area contributed by atoms with E-state index in [0.717, 1.165) is 16.9 Å². The number of carbonyl (C=O) groups excluding carboxylic acids is 1. The highest BCUT2D eigenvalue weighted by atomic mass is 16.5. The van der Waals surface area contributed by atoms with Crippen LogP contribution >= 0.6 is 0 Å². The smallest absolute Gasteiger partial charge is 0.278 e. The van der Waals surface area contributed by atoms with E-state index in [0.29, 0.717) is 11.6 Å². The predicted molar refractivity (Wildman–Crippen MR) is 94.0 cm³/mol. The SMILES string of the molecule is COc1cc(C(=O)N(C)c2ccc(C)cc2)nn1-c1ccccc1. The Kier molecular flexibility index (Phi) is 4.33. The lowest BCUT2D eigenvalue weighted by atomic mass is 10.2. The largest absolute Gasteiger partial charge is 0.481 e. The molecule has 0 unspecified atom stereocenters. The maximum atomic E-state index is 12.7. The molecule has 0 radical (unpaired) electrons. The molecule has 5 heteroatoms. The molecule has 0 bridgehead atoms. The minimum atomic E-state index is -0.188. The summed E-state index contributed by atoms with van der Waals surface area (Å²) in [7, 11) is 3.30. The molecule has 0 aliphatic carbocycles. The van der Waals surface area contributed by atoms with Crippen molar-refractivity contribution in [3.05, 3.63) is 71.9 Å². The fourth-order valence-electron chi connectivity index (χ4n) is 2.43. The van der Waals surface area contributed by atoms with E-state index in [9.17, 15) is 4.79 Å². The van der Waals surface area contributed by atoms with E-state index in [1.165, 1.54) is 0 Å². The Balaban J connectivity index is 1.93. The minimum Gasteiger partial charge on any atom is -0.481 e. The average molecular weight is 321 g/mol. The number of methoxy groups -OCH3 is 1. The van der Waals surface area contributed by atoms with Crippen LogP contribution in [0.3, 0.4) is 0 Å². The molecule has 1 amide bonds. The summed E-state index contributed by atoms with van der Waals surface area (Å²) in [6.45, 7) is 2.01. The van der Waals surface area contributed by atoms with E-state index in [1.807, 2.05) is 61.5 Å². The van der Waals surface area contributed by atoms with Crippen molar-refractivity contribution in [2.24, 2.45) is 0 Å². The minimum absolute atomic E-state index is 0.188. The zero-order chi connectivity index (χ0) is 17.1.